The highest BCUT2D eigenvalue weighted by atomic mass is 16.2. The zero-order valence-corrected chi connectivity index (χ0v) is 13.4. The Morgan fingerprint density at radius 1 is 1.05 bits per heavy atom. The number of urea groups is 1. The van der Waals surface area contributed by atoms with Gasteiger partial charge in [-0.1, -0.05) is 0 Å². The molecule has 5 nitrogen and oxygen atoms in total. The first-order valence-electron chi connectivity index (χ1n) is 8.88. The molecule has 1 saturated heterocycles. The maximum absolute atomic E-state index is 12.4. The molecule has 1 heterocycles. The number of carbonyl (C=O) groups is 2. The molecule has 0 spiro atoms. The molecule has 4 aliphatic carbocycles. The number of nitrogens with zero attached hydrogens (tertiary/aromatic N) is 1. The van der Waals surface area contributed by atoms with Crippen LogP contribution in [0.3, 0.4) is 0 Å². The van der Waals surface area contributed by atoms with Gasteiger partial charge in [-0.05, 0) is 62.7 Å². The molecule has 5 aliphatic rings. The van der Waals surface area contributed by atoms with E-state index in [-0.39, 0.29) is 23.5 Å². The van der Waals surface area contributed by atoms with Gasteiger partial charge in [0, 0.05) is 31.6 Å². The Labute approximate surface area is 132 Å². The number of hydrogen-bond donors (Lipinski definition) is 2. The summed E-state index contributed by atoms with van der Waals surface area (Å²) < 4.78 is 0. The van der Waals surface area contributed by atoms with Crippen LogP contribution in [0.4, 0.5) is 4.79 Å². The van der Waals surface area contributed by atoms with Gasteiger partial charge in [0.05, 0.1) is 0 Å². The van der Waals surface area contributed by atoms with Gasteiger partial charge in [-0.2, -0.15) is 0 Å². The van der Waals surface area contributed by atoms with Crippen LogP contribution in [-0.2, 0) is 4.79 Å². The van der Waals surface area contributed by atoms with Gasteiger partial charge in [-0.3, -0.25) is 4.79 Å². The molecular weight excluding hydrogens is 278 g/mol. The summed E-state index contributed by atoms with van der Waals surface area (Å²) in [7, 11) is 0. The Balaban J connectivity index is 1.30. The van der Waals surface area contributed by atoms with E-state index in [2.05, 4.69) is 10.6 Å². The van der Waals surface area contributed by atoms with Crippen LogP contribution in [0.5, 0.6) is 0 Å². The predicted octanol–water partition coefficient (Wildman–Crippen LogP) is 1.88. The van der Waals surface area contributed by atoms with Gasteiger partial charge in [0.25, 0.3) is 0 Å². The molecule has 5 rings (SSSR count). The van der Waals surface area contributed by atoms with Crippen LogP contribution < -0.4 is 10.6 Å². The van der Waals surface area contributed by atoms with Gasteiger partial charge in [0.15, 0.2) is 0 Å². The van der Waals surface area contributed by atoms with Crippen molar-refractivity contribution in [1.29, 1.82) is 0 Å². The zero-order valence-electron chi connectivity index (χ0n) is 13.4. The first kappa shape index (κ1) is 14.3. The van der Waals surface area contributed by atoms with Crippen molar-refractivity contribution in [3.63, 3.8) is 0 Å². The summed E-state index contributed by atoms with van der Waals surface area (Å²) in [4.78, 5) is 25.6. The maximum Gasteiger partial charge on any atom is 0.315 e. The second-order valence-corrected chi connectivity index (χ2v) is 8.08. The summed E-state index contributed by atoms with van der Waals surface area (Å²) in [5.74, 6) is 2.58. The molecule has 22 heavy (non-hydrogen) atoms. The first-order valence-corrected chi connectivity index (χ1v) is 8.88. The molecule has 2 unspecified atom stereocenters. The molecule has 4 saturated carbocycles. The Bertz CT molecular complexity index is 470. The maximum atomic E-state index is 12.4. The minimum absolute atomic E-state index is 0.0227. The molecule has 0 aromatic carbocycles. The van der Waals surface area contributed by atoms with Crippen LogP contribution in [0, 0.1) is 17.8 Å². The van der Waals surface area contributed by atoms with Gasteiger partial charge in [-0.15, -0.1) is 0 Å². The first-order chi connectivity index (χ1) is 10.5. The second-order valence-electron chi connectivity index (χ2n) is 8.08. The third-order valence-corrected chi connectivity index (χ3v) is 6.63. The molecule has 122 valence electrons. The highest BCUT2D eigenvalue weighted by molar-refractivity contribution is 5.76. The van der Waals surface area contributed by atoms with Crippen LogP contribution in [0.25, 0.3) is 0 Å². The lowest BCUT2D eigenvalue weighted by Gasteiger charge is -2.36. The van der Waals surface area contributed by atoms with E-state index >= 15 is 0 Å². The van der Waals surface area contributed by atoms with Gasteiger partial charge in [0.2, 0.25) is 5.91 Å². The molecular formula is C17H27N3O2. The molecule has 2 atom stereocenters. The average Bonchev–Trinajstić information content (AvgIpc) is 2.83. The van der Waals surface area contributed by atoms with Crippen LogP contribution in [0.2, 0.25) is 0 Å². The summed E-state index contributed by atoms with van der Waals surface area (Å²) in [6.07, 6.45) is 8.19. The van der Waals surface area contributed by atoms with Crippen molar-refractivity contribution in [2.45, 2.75) is 63.5 Å². The van der Waals surface area contributed by atoms with E-state index in [1.165, 1.54) is 32.1 Å². The van der Waals surface area contributed by atoms with Crippen molar-refractivity contribution >= 4 is 11.9 Å². The quantitative estimate of drug-likeness (QED) is 0.818. The lowest BCUT2D eigenvalue weighted by Crippen LogP contribution is -2.56. The fraction of sp³-hybridized carbons (Fsp3) is 0.882. The summed E-state index contributed by atoms with van der Waals surface area (Å²) in [6, 6.07) is 0.234. The van der Waals surface area contributed by atoms with Crippen molar-refractivity contribution in [1.82, 2.24) is 15.5 Å². The summed E-state index contributed by atoms with van der Waals surface area (Å²) in [5.41, 5.74) is 0.109. The van der Waals surface area contributed by atoms with E-state index in [1.807, 2.05) is 4.90 Å². The Kier molecular flexibility index (Phi) is 3.35. The van der Waals surface area contributed by atoms with E-state index < -0.39 is 0 Å². The van der Waals surface area contributed by atoms with Gasteiger partial charge in [-0.25, -0.2) is 4.79 Å². The zero-order chi connectivity index (χ0) is 15.3. The van der Waals surface area contributed by atoms with E-state index in [1.54, 1.807) is 6.92 Å². The molecule has 3 amide bonds. The third kappa shape index (κ3) is 2.38. The average molecular weight is 305 g/mol. The molecule has 0 radical (unpaired) electrons. The fourth-order valence-electron chi connectivity index (χ4n) is 5.79. The van der Waals surface area contributed by atoms with E-state index in [9.17, 15) is 9.59 Å². The second kappa shape index (κ2) is 5.14. The van der Waals surface area contributed by atoms with Crippen LogP contribution >= 0.6 is 0 Å². The highest BCUT2D eigenvalue weighted by Gasteiger charge is 2.58. The number of amides is 3. The standard InChI is InChI=1S/C17H27N3O2/c1-11(21)20-4-2-15(3-5-20)18-16(22)19-17-9-12-6-13(10-17)8-14(17)7-12/h12-15H,2-10H2,1H3,(H2,18,19,22). The molecule has 0 aromatic rings. The van der Waals surface area contributed by atoms with Crippen molar-refractivity contribution < 1.29 is 9.59 Å². The molecule has 4 bridgehead atoms. The number of likely N-dealkylation sites (tertiary alicyclic amines) is 1. The van der Waals surface area contributed by atoms with Crippen molar-refractivity contribution in [2.75, 3.05) is 13.1 Å². The normalized spacial score (nSPS) is 40.0. The number of carbonyl (C=O) groups excluding carboxylic acids is 2. The van der Waals surface area contributed by atoms with Crippen molar-refractivity contribution in [3.8, 4) is 0 Å². The minimum Gasteiger partial charge on any atom is -0.343 e. The molecule has 0 aromatic heterocycles. The minimum atomic E-state index is 0.0227. The number of piperidine rings is 1. The number of nitrogens with one attached hydrogen (secondary N) is 2. The third-order valence-electron chi connectivity index (χ3n) is 6.63. The van der Waals surface area contributed by atoms with E-state index in [0.717, 1.165) is 43.7 Å². The predicted molar refractivity (Wildman–Crippen MR) is 83.2 cm³/mol. The largest absolute Gasteiger partial charge is 0.343 e. The Morgan fingerprint density at radius 3 is 2.27 bits per heavy atom. The number of rotatable bonds is 2. The molecule has 5 fully saturated rings. The monoisotopic (exact) mass is 305 g/mol. The molecule has 1 aliphatic heterocycles. The topological polar surface area (TPSA) is 61.4 Å². The lowest BCUT2D eigenvalue weighted by molar-refractivity contribution is -0.129. The van der Waals surface area contributed by atoms with Gasteiger partial charge >= 0.3 is 6.03 Å². The summed E-state index contributed by atoms with van der Waals surface area (Å²) >= 11 is 0. The smallest absolute Gasteiger partial charge is 0.315 e. The van der Waals surface area contributed by atoms with E-state index in [0.29, 0.717) is 0 Å². The molecule has 5 heteroatoms. The highest BCUT2D eigenvalue weighted by Crippen LogP contribution is 2.60. The van der Waals surface area contributed by atoms with Crippen molar-refractivity contribution in [2.24, 2.45) is 17.8 Å². The molecule has 2 N–H and O–H groups in total. The Hall–Kier alpha value is -1.26. The van der Waals surface area contributed by atoms with Gasteiger partial charge < -0.3 is 15.5 Å². The van der Waals surface area contributed by atoms with Crippen LogP contribution in [0.15, 0.2) is 0 Å². The van der Waals surface area contributed by atoms with Crippen LogP contribution in [-0.4, -0.2) is 41.5 Å². The fourth-order valence-corrected chi connectivity index (χ4v) is 5.79. The van der Waals surface area contributed by atoms with Crippen molar-refractivity contribution in [3.05, 3.63) is 0 Å². The van der Waals surface area contributed by atoms with E-state index in [4.69, 9.17) is 0 Å². The lowest BCUT2D eigenvalue weighted by atomic mass is 9.80. The van der Waals surface area contributed by atoms with Gasteiger partial charge in [0.1, 0.15) is 0 Å². The van der Waals surface area contributed by atoms with Crippen LogP contribution in [0.1, 0.15) is 51.9 Å². The SMILES string of the molecule is CC(=O)N1CCC(NC(=O)NC23CC4CC(CC2C4)C3)CC1. The Morgan fingerprint density at radius 2 is 1.68 bits per heavy atom. The number of hydrogen-bond acceptors (Lipinski definition) is 2. The summed E-state index contributed by atoms with van der Waals surface area (Å²) in [5, 5.41) is 6.52. The summed E-state index contributed by atoms with van der Waals surface area (Å²) in [6.45, 7) is 3.14.